The number of amides is 1. The first-order chi connectivity index (χ1) is 11.7. The smallest absolute Gasteiger partial charge is 0.223 e. The lowest BCUT2D eigenvalue weighted by atomic mass is 9.75. The number of hydrogen-bond acceptors (Lipinski definition) is 1. The first-order valence-electron chi connectivity index (χ1n) is 11.0. The van der Waals surface area contributed by atoms with E-state index in [-0.39, 0.29) is 11.3 Å². The quantitative estimate of drug-likeness (QED) is 0.272. The summed E-state index contributed by atoms with van der Waals surface area (Å²) in [5.41, 5.74) is 5.61. The van der Waals surface area contributed by atoms with Crippen molar-refractivity contribution in [1.29, 1.82) is 0 Å². The van der Waals surface area contributed by atoms with Gasteiger partial charge in [-0.05, 0) is 19.3 Å². The summed E-state index contributed by atoms with van der Waals surface area (Å²) in [5, 5.41) is 0. The summed E-state index contributed by atoms with van der Waals surface area (Å²) in [7, 11) is 0. The molecule has 1 saturated carbocycles. The summed E-state index contributed by atoms with van der Waals surface area (Å²) < 4.78 is 0. The summed E-state index contributed by atoms with van der Waals surface area (Å²) in [6.45, 7) is 2.28. The zero-order valence-electron chi connectivity index (χ0n) is 16.4. The molecule has 0 unspecified atom stereocenters. The molecule has 0 saturated heterocycles. The number of primary amides is 1. The van der Waals surface area contributed by atoms with Crippen LogP contribution in [0.4, 0.5) is 0 Å². The van der Waals surface area contributed by atoms with Crippen LogP contribution < -0.4 is 5.73 Å². The van der Waals surface area contributed by atoms with E-state index in [1.165, 1.54) is 103 Å². The minimum Gasteiger partial charge on any atom is -0.369 e. The normalized spacial score (nSPS) is 17.5. The molecule has 2 heteroatoms. The van der Waals surface area contributed by atoms with E-state index >= 15 is 0 Å². The van der Waals surface area contributed by atoms with Crippen LogP contribution in [-0.4, -0.2) is 5.91 Å². The largest absolute Gasteiger partial charge is 0.369 e. The van der Waals surface area contributed by atoms with Crippen molar-refractivity contribution < 1.29 is 4.79 Å². The fraction of sp³-hybridized carbons (Fsp3) is 0.955. The molecule has 142 valence electrons. The number of nitrogens with two attached hydrogens (primary N) is 1. The second-order valence-corrected chi connectivity index (χ2v) is 8.20. The van der Waals surface area contributed by atoms with E-state index in [0.717, 1.165) is 19.3 Å². The van der Waals surface area contributed by atoms with Gasteiger partial charge in [-0.3, -0.25) is 4.79 Å². The molecule has 0 aliphatic heterocycles. The Balaban J connectivity index is 1.99. The first kappa shape index (κ1) is 21.5. The zero-order valence-corrected chi connectivity index (χ0v) is 16.4. The van der Waals surface area contributed by atoms with Crippen LogP contribution in [0.1, 0.15) is 129 Å². The number of rotatable bonds is 14. The van der Waals surface area contributed by atoms with Gasteiger partial charge < -0.3 is 5.73 Å². The highest BCUT2D eigenvalue weighted by Gasteiger charge is 2.35. The van der Waals surface area contributed by atoms with Gasteiger partial charge in [0.05, 0.1) is 0 Å². The third kappa shape index (κ3) is 9.08. The van der Waals surface area contributed by atoms with Gasteiger partial charge in [0.2, 0.25) is 5.91 Å². The van der Waals surface area contributed by atoms with E-state index < -0.39 is 0 Å². The Morgan fingerprint density at radius 3 is 1.54 bits per heavy atom. The van der Waals surface area contributed by atoms with Crippen LogP contribution >= 0.6 is 0 Å². The van der Waals surface area contributed by atoms with E-state index in [1.54, 1.807) is 0 Å². The topological polar surface area (TPSA) is 43.1 Å². The molecule has 24 heavy (non-hydrogen) atoms. The van der Waals surface area contributed by atoms with Crippen molar-refractivity contribution in [3.63, 3.8) is 0 Å². The standard InChI is InChI=1S/C22H43NO/c1-2-3-4-5-6-7-8-9-10-11-12-15-18-22(21(23)24)19-16-13-14-17-20-22/h2-20H2,1H3,(H2,23,24). The summed E-state index contributed by atoms with van der Waals surface area (Å²) >= 11 is 0. The van der Waals surface area contributed by atoms with Gasteiger partial charge in [0.1, 0.15) is 0 Å². The lowest BCUT2D eigenvalue weighted by molar-refractivity contribution is -0.129. The predicted molar refractivity (Wildman–Crippen MR) is 105 cm³/mol. The van der Waals surface area contributed by atoms with Crippen molar-refractivity contribution in [2.75, 3.05) is 0 Å². The van der Waals surface area contributed by atoms with Crippen LogP contribution in [0, 0.1) is 5.41 Å². The number of carbonyl (C=O) groups is 1. The molecule has 0 atom stereocenters. The highest BCUT2D eigenvalue weighted by Crippen LogP contribution is 2.39. The van der Waals surface area contributed by atoms with Crippen molar-refractivity contribution >= 4 is 5.91 Å². The maximum Gasteiger partial charge on any atom is 0.223 e. The molecule has 0 radical (unpaired) electrons. The summed E-state index contributed by atoms with van der Waals surface area (Å²) in [4.78, 5) is 12.0. The van der Waals surface area contributed by atoms with Gasteiger partial charge in [0, 0.05) is 5.41 Å². The minimum atomic E-state index is -0.158. The summed E-state index contributed by atoms with van der Waals surface area (Å²) in [6, 6.07) is 0. The molecule has 0 spiro atoms. The monoisotopic (exact) mass is 337 g/mol. The molecule has 0 aromatic rings. The molecule has 1 fully saturated rings. The van der Waals surface area contributed by atoms with Gasteiger partial charge >= 0.3 is 0 Å². The van der Waals surface area contributed by atoms with Crippen molar-refractivity contribution in [2.45, 2.75) is 129 Å². The third-order valence-electron chi connectivity index (χ3n) is 6.09. The highest BCUT2D eigenvalue weighted by atomic mass is 16.1. The first-order valence-corrected chi connectivity index (χ1v) is 11.0. The Kier molecular flexibility index (Phi) is 12.3. The molecular weight excluding hydrogens is 294 g/mol. The van der Waals surface area contributed by atoms with Crippen LogP contribution in [0.15, 0.2) is 0 Å². The predicted octanol–water partition coefficient (Wildman–Crippen LogP) is 6.90. The molecule has 0 aromatic heterocycles. The van der Waals surface area contributed by atoms with E-state index in [0.29, 0.717) is 0 Å². The van der Waals surface area contributed by atoms with Gasteiger partial charge in [0.15, 0.2) is 0 Å². The molecule has 1 aliphatic carbocycles. The molecule has 0 aromatic carbocycles. The van der Waals surface area contributed by atoms with Crippen LogP contribution in [0.25, 0.3) is 0 Å². The number of unbranched alkanes of at least 4 members (excludes halogenated alkanes) is 11. The lowest BCUT2D eigenvalue weighted by Gasteiger charge is -2.29. The fourth-order valence-corrected chi connectivity index (χ4v) is 4.33. The van der Waals surface area contributed by atoms with Crippen molar-refractivity contribution in [2.24, 2.45) is 11.1 Å². The van der Waals surface area contributed by atoms with Crippen molar-refractivity contribution in [1.82, 2.24) is 0 Å². The second kappa shape index (κ2) is 13.7. The summed E-state index contributed by atoms with van der Waals surface area (Å²) in [5.74, 6) is -0.0209. The average Bonchev–Trinajstić information content (AvgIpc) is 2.82. The van der Waals surface area contributed by atoms with E-state index in [2.05, 4.69) is 6.92 Å². The van der Waals surface area contributed by atoms with Crippen molar-refractivity contribution in [3.05, 3.63) is 0 Å². The maximum atomic E-state index is 12.0. The second-order valence-electron chi connectivity index (χ2n) is 8.20. The third-order valence-corrected chi connectivity index (χ3v) is 6.09. The Bertz CT molecular complexity index is 305. The molecule has 1 amide bonds. The van der Waals surface area contributed by atoms with Crippen LogP contribution in [0.5, 0.6) is 0 Å². The molecular formula is C22H43NO. The molecule has 2 nitrogen and oxygen atoms in total. The summed E-state index contributed by atoms with van der Waals surface area (Å²) in [6.07, 6.45) is 24.6. The Hall–Kier alpha value is -0.530. The Morgan fingerprint density at radius 1 is 0.708 bits per heavy atom. The van der Waals surface area contributed by atoms with Gasteiger partial charge in [-0.1, -0.05) is 110 Å². The van der Waals surface area contributed by atoms with Crippen LogP contribution in [0.3, 0.4) is 0 Å². The number of carbonyl (C=O) groups excluding carboxylic acids is 1. The highest BCUT2D eigenvalue weighted by molar-refractivity contribution is 5.80. The minimum absolute atomic E-state index is 0.0209. The van der Waals surface area contributed by atoms with Gasteiger partial charge in [-0.2, -0.15) is 0 Å². The van der Waals surface area contributed by atoms with E-state index in [4.69, 9.17) is 5.73 Å². The SMILES string of the molecule is CCCCCCCCCCCCCCC1(C(N)=O)CCCCCC1. The Morgan fingerprint density at radius 2 is 1.12 bits per heavy atom. The zero-order chi connectivity index (χ0) is 17.5. The lowest BCUT2D eigenvalue weighted by Crippen LogP contribution is -2.36. The van der Waals surface area contributed by atoms with Crippen molar-refractivity contribution in [3.8, 4) is 0 Å². The molecule has 1 rings (SSSR count). The maximum absolute atomic E-state index is 12.0. The van der Waals surface area contributed by atoms with E-state index in [9.17, 15) is 4.79 Å². The van der Waals surface area contributed by atoms with Gasteiger partial charge in [-0.15, -0.1) is 0 Å². The van der Waals surface area contributed by atoms with Crippen LogP contribution in [0.2, 0.25) is 0 Å². The Labute approximate surface area is 151 Å². The molecule has 2 N–H and O–H groups in total. The fourth-order valence-electron chi connectivity index (χ4n) is 4.33. The number of hydrogen-bond donors (Lipinski definition) is 1. The average molecular weight is 338 g/mol. The van der Waals surface area contributed by atoms with Crippen LogP contribution in [-0.2, 0) is 4.79 Å². The molecule has 1 aliphatic rings. The molecule has 0 heterocycles. The van der Waals surface area contributed by atoms with E-state index in [1.807, 2.05) is 0 Å². The van der Waals surface area contributed by atoms with Gasteiger partial charge in [-0.25, -0.2) is 0 Å². The molecule has 0 bridgehead atoms. The van der Waals surface area contributed by atoms with Gasteiger partial charge in [0.25, 0.3) is 0 Å².